The molecule has 1 unspecified atom stereocenters. The second-order valence-electron chi connectivity index (χ2n) is 5.64. The fourth-order valence-electron chi connectivity index (χ4n) is 3.22. The van der Waals surface area contributed by atoms with E-state index in [9.17, 15) is 0 Å². The fourth-order valence-corrected chi connectivity index (χ4v) is 3.60. The standard InChI is InChI=1S/C15H20BrNO2/c16-14-12(17)4-3-5-13(14)18-10-11-6-9-15(19-11)7-1-2-8-15/h3-5,11H,1-2,6-10,17H2. The van der Waals surface area contributed by atoms with Crippen molar-refractivity contribution in [2.75, 3.05) is 12.3 Å². The van der Waals surface area contributed by atoms with E-state index in [1.165, 1.54) is 32.1 Å². The summed E-state index contributed by atoms with van der Waals surface area (Å²) in [7, 11) is 0. The molecule has 2 fully saturated rings. The van der Waals surface area contributed by atoms with E-state index in [1.54, 1.807) is 0 Å². The Morgan fingerprint density at radius 3 is 2.89 bits per heavy atom. The van der Waals surface area contributed by atoms with E-state index in [0.29, 0.717) is 12.3 Å². The summed E-state index contributed by atoms with van der Waals surface area (Å²) in [4.78, 5) is 0. The minimum absolute atomic E-state index is 0.182. The highest BCUT2D eigenvalue weighted by Gasteiger charge is 2.42. The molecular weight excluding hydrogens is 306 g/mol. The number of benzene rings is 1. The summed E-state index contributed by atoms with van der Waals surface area (Å²) < 4.78 is 12.9. The molecule has 19 heavy (non-hydrogen) atoms. The molecule has 0 bridgehead atoms. The Balaban J connectivity index is 1.57. The van der Waals surface area contributed by atoms with Crippen LogP contribution in [0.15, 0.2) is 22.7 Å². The van der Waals surface area contributed by atoms with Gasteiger partial charge in [-0.15, -0.1) is 0 Å². The largest absolute Gasteiger partial charge is 0.490 e. The summed E-state index contributed by atoms with van der Waals surface area (Å²) in [5, 5.41) is 0. The third kappa shape index (κ3) is 2.75. The summed E-state index contributed by atoms with van der Waals surface area (Å²) >= 11 is 3.46. The van der Waals surface area contributed by atoms with Crippen molar-refractivity contribution in [1.29, 1.82) is 0 Å². The normalized spacial score (nSPS) is 25.0. The highest BCUT2D eigenvalue weighted by Crippen LogP contribution is 2.43. The van der Waals surface area contributed by atoms with Gasteiger partial charge in [0.05, 0.1) is 16.2 Å². The van der Waals surface area contributed by atoms with Gasteiger partial charge in [-0.25, -0.2) is 0 Å². The number of ether oxygens (including phenoxy) is 2. The molecule has 0 aromatic heterocycles. The van der Waals surface area contributed by atoms with Gasteiger partial charge in [-0.2, -0.15) is 0 Å². The van der Waals surface area contributed by atoms with Crippen molar-refractivity contribution in [2.45, 2.75) is 50.2 Å². The second kappa shape index (κ2) is 5.33. The molecule has 1 saturated carbocycles. The van der Waals surface area contributed by atoms with Crippen molar-refractivity contribution in [3.05, 3.63) is 22.7 Å². The van der Waals surface area contributed by atoms with Gasteiger partial charge in [-0.3, -0.25) is 0 Å². The first-order chi connectivity index (χ1) is 9.19. The zero-order valence-electron chi connectivity index (χ0n) is 11.0. The summed E-state index contributed by atoms with van der Waals surface area (Å²) in [6.07, 6.45) is 7.62. The van der Waals surface area contributed by atoms with Crippen molar-refractivity contribution in [3.63, 3.8) is 0 Å². The first-order valence-electron chi connectivity index (χ1n) is 7.03. The third-order valence-corrected chi connectivity index (χ3v) is 5.12. The summed E-state index contributed by atoms with van der Waals surface area (Å²) in [5.74, 6) is 0.802. The van der Waals surface area contributed by atoms with Crippen LogP contribution in [0.1, 0.15) is 38.5 Å². The summed E-state index contributed by atoms with van der Waals surface area (Å²) in [6, 6.07) is 5.70. The fraction of sp³-hybridized carbons (Fsp3) is 0.600. The molecule has 0 radical (unpaired) electrons. The zero-order valence-corrected chi connectivity index (χ0v) is 12.6. The highest BCUT2D eigenvalue weighted by molar-refractivity contribution is 9.10. The number of hydrogen-bond acceptors (Lipinski definition) is 3. The number of rotatable bonds is 3. The second-order valence-corrected chi connectivity index (χ2v) is 6.43. The van der Waals surface area contributed by atoms with Gasteiger partial charge in [0.25, 0.3) is 0 Å². The van der Waals surface area contributed by atoms with Gasteiger partial charge in [-0.05, 0) is 53.7 Å². The number of anilines is 1. The molecule has 2 aliphatic rings. The molecule has 2 N–H and O–H groups in total. The van der Waals surface area contributed by atoms with Crippen molar-refractivity contribution < 1.29 is 9.47 Å². The summed E-state index contributed by atoms with van der Waals surface area (Å²) in [5.41, 5.74) is 6.73. The van der Waals surface area contributed by atoms with Gasteiger partial charge in [0.1, 0.15) is 12.4 Å². The first-order valence-corrected chi connectivity index (χ1v) is 7.82. The van der Waals surface area contributed by atoms with Crippen molar-refractivity contribution in [3.8, 4) is 5.75 Å². The van der Waals surface area contributed by atoms with E-state index < -0.39 is 0 Å². The van der Waals surface area contributed by atoms with Crippen LogP contribution in [-0.4, -0.2) is 18.3 Å². The quantitative estimate of drug-likeness (QED) is 0.857. The average Bonchev–Trinajstić information content (AvgIpc) is 3.02. The lowest BCUT2D eigenvalue weighted by molar-refractivity contribution is -0.0509. The molecule has 1 saturated heterocycles. The topological polar surface area (TPSA) is 44.5 Å². The average molecular weight is 326 g/mol. The number of hydrogen-bond donors (Lipinski definition) is 1. The Kier molecular flexibility index (Phi) is 3.72. The van der Waals surface area contributed by atoms with E-state index in [1.807, 2.05) is 18.2 Å². The van der Waals surface area contributed by atoms with Crippen LogP contribution in [-0.2, 0) is 4.74 Å². The molecule has 1 spiro atoms. The third-order valence-electron chi connectivity index (χ3n) is 4.27. The minimum atomic E-state index is 0.182. The number of nitrogen functional groups attached to an aromatic ring is 1. The molecule has 1 aliphatic carbocycles. The smallest absolute Gasteiger partial charge is 0.135 e. The van der Waals surface area contributed by atoms with E-state index in [4.69, 9.17) is 15.2 Å². The van der Waals surface area contributed by atoms with E-state index in [2.05, 4.69) is 15.9 Å². The van der Waals surface area contributed by atoms with Gasteiger partial charge in [0.2, 0.25) is 0 Å². The van der Waals surface area contributed by atoms with Crippen molar-refractivity contribution in [2.24, 2.45) is 0 Å². The zero-order chi connectivity index (χ0) is 13.3. The molecule has 1 aromatic carbocycles. The van der Waals surface area contributed by atoms with Crippen LogP contribution in [0.5, 0.6) is 5.75 Å². The van der Waals surface area contributed by atoms with Gasteiger partial charge in [0.15, 0.2) is 0 Å². The monoisotopic (exact) mass is 325 g/mol. The predicted molar refractivity (Wildman–Crippen MR) is 79.4 cm³/mol. The van der Waals surface area contributed by atoms with E-state index in [0.717, 1.165) is 16.6 Å². The molecule has 3 nitrogen and oxygen atoms in total. The van der Waals surface area contributed by atoms with Gasteiger partial charge < -0.3 is 15.2 Å². The van der Waals surface area contributed by atoms with Crippen LogP contribution in [0.25, 0.3) is 0 Å². The van der Waals surface area contributed by atoms with Crippen LogP contribution in [0.2, 0.25) is 0 Å². The maximum Gasteiger partial charge on any atom is 0.135 e. The Morgan fingerprint density at radius 1 is 1.32 bits per heavy atom. The van der Waals surface area contributed by atoms with Crippen LogP contribution >= 0.6 is 15.9 Å². The maximum atomic E-state index is 6.23. The van der Waals surface area contributed by atoms with Crippen LogP contribution in [0.3, 0.4) is 0 Å². The van der Waals surface area contributed by atoms with Crippen LogP contribution in [0, 0.1) is 0 Å². The van der Waals surface area contributed by atoms with E-state index >= 15 is 0 Å². The van der Waals surface area contributed by atoms with Crippen molar-refractivity contribution >= 4 is 21.6 Å². The van der Waals surface area contributed by atoms with Crippen LogP contribution < -0.4 is 10.5 Å². The Labute approximate surface area is 122 Å². The molecular formula is C15H20BrNO2. The Hall–Kier alpha value is -0.740. The number of halogens is 1. The predicted octanol–water partition coefficient (Wildman–Crippen LogP) is 3.90. The van der Waals surface area contributed by atoms with Crippen molar-refractivity contribution in [1.82, 2.24) is 0 Å². The SMILES string of the molecule is Nc1cccc(OCC2CCC3(CCCC3)O2)c1Br. The minimum Gasteiger partial charge on any atom is -0.490 e. The highest BCUT2D eigenvalue weighted by atomic mass is 79.9. The molecule has 1 heterocycles. The molecule has 4 heteroatoms. The molecule has 1 aromatic rings. The lowest BCUT2D eigenvalue weighted by Crippen LogP contribution is -2.27. The Bertz CT molecular complexity index is 457. The lowest BCUT2D eigenvalue weighted by Gasteiger charge is -2.24. The van der Waals surface area contributed by atoms with Gasteiger partial charge in [-0.1, -0.05) is 18.9 Å². The molecule has 1 aliphatic heterocycles. The van der Waals surface area contributed by atoms with Gasteiger partial charge in [0, 0.05) is 5.69 Å². The lowest BCUT2D eigenvalue weighted by atomic mass is 9.98. The first kappa shape index (κ1) is 13.3. The Morgan fingerprint density at radius 2 is 2.11 bits per heavy atom. The molecule has 0 amide bonds. The number of nitrogens with two attached hydrogens (primary N) is 1. The maximum absolute atomic E-state index is 6.23. The molecule has 3 rings (SSSR count). The molecule has 1 atom stereocenters. The van der Waals surface area contributed by atoms with E-state index in [-0.39, 0.29) is 11.7 Å². The van der Waals surface area contributed by atoms with Gasteiger partial charge >= 0.3 is 0 Å². The van der Waals surface area contributed by atoms with Crippen LogP contribution in [0.4, 0.5) is 5.69 Å². The summed E-state index contributed by atoms with van der Waals surface area (Å²) in [6.45, 7) is 0.615. The molecule has 104 valence electrons.